The zero-order valence-corrected chi connectivity index (χ0v) is 11.9. The lowest BCUT2D eigenvalue weighted by molar-refractivity contribution is 0.0698. The van der Waals surface area contributed by atoms with Gasteiger partial charge in [0.05, 0.1) is 16.8 Å². The minimum atomic E-state index is -1.24. The smallest absolute Gasteiger partial charge is 0.337 e. The molecule has 0 heterocycles. The molecule has 7 heteroatoms. The number of carbonyl (C=O) groups excluding carboxylic acids is 1. The van der Waals surface area contributed by atoms with Crippen LogP contribution in [0.25, 0.3) is 0 Å². The molecule has 0 atom stereocenters. The molecular weight excluding hydrogens is 348 g/mol. The van der Waals surface area contributed by atoms with E-state index in [4.69, 9.17) is 5.11 Å². The zero-order valence-electron chi connectivity index (χ0n) is 10.4. The summed E-state index contributed by atoms with van der Waals surface area (Å²) in [7, 11) is 0. The summed E-state index contributed by atoms with van der Waals surface area (Å²) >= 11 is 3.11. The number of halogens is 3. The van der Waals surface area contributed by atoms with Crippen LogP contribution in [-0.2, 0) is 0 Å². The highest BCUT2D eigenvalue weighted by molar-refractivity contribution is 9.10. The Balaban J connectivity index is 2.38. The second-order valence-electron chi connectivity index (χ2n) is 4.05. The van der Waals surface area contributed by atoms with E-state index < -0.39 is 23.5 Å². The summed E-state index contributed by atoms with van der Waals surface area (Å²) < 4.78 is 26.7. The molecule has 21 heavy (non-hydrogen) atoms. The summed E-state index contributed by atoms with van der Waals surface area (Å²) in [6.07, 6.45) is 0. The highest BCUT2D eigenvalue weighted by atomic mass is 79.9. The van der Waals surface area contributed by atoms with Crippen LogP contribution < -0.4 is 5.32 Å². The van der Waals surface area contributed by atoms with Gasteiger partial charge in [-0.15, -0.1) is 0 Å². The molecule has 0 bridgehead atoms. The van der Waals surface area contributed by atoms with Crippen molar-refractivity contribution < 1.29 is 23.5 Å². The number of carboxylic acids is 1. The van der Waals surface area contributed by atoms with Crippen LogP contribution in [-0.4, -0.2) is 17.0 Å². The molecule has 0 radical (unpaired) electrons. The van der Waals surface area contributed by atoms with Crippen LogP contribution in [0, 0.1) is 11.6 Å². The first-order valence-corrected chi connectivity index (χ1v) is 6.47. The number of hydrogen-bond donors (Lipinski definition) is 2. The molecule has 0 aliphatic carbocycles. The predicted molar refractivity (Wildman–Crippen MR) is 75.4 cm³/mol. The van der Waals surface area contributed by atoms with E-state index in [-0.39, 0.29) is 16.8 Å². The molecule has 108 valence electrons. The van der Waals surface area contributed by atoms with Crippen LogP contribution in [0.5, 0.6) is 0 Å². The molecule has 4 nitrogen and oxygen atoms in total. The Morgan fingerprint density at radius 3 is 2.43 bits per heavy atom. The molecule has 0 saturated carbocycles. The third kappa shape index (κ3) is 3.25. The monoisotopic (exact) mass is 355 g/mol. The minimum absolute atomic E-state index is 0.00118. The van der Waals surface area contributed by atoms with Crippen molar-refractivity contribution in [2.24, 2.45) is 0 Å². The molecule has 0 unspecified atom stereocenters. The van der Waals surface area contributed by atoms with Gasteiger partial charge in [-0.1, -0.05) is 6.07 Å². The van der Waals surface area contributed by atoms with Gasteiger partial charge in [0.15, 0.2) is 0 Å². The number of benzene rings is 2. The van der Waals surface area contributed by atoms with Gasteiger partial charge in [0.1, 0.15) is 11.6 Å². The van der Waals surface area contributed by atoms with Gasteiger partial charge in [-0.25, -0.2) is 13.6 Å². The Labute approximate surface area is 126 Å². The van der Waals surface area contributed by atoms with E-state index in [0.717, 1.165) is 12.1 Å². The molecule has 0 fully saturated rings. The van der Waals surface area contributed by atoms with E-state index in [2.05, 4.69) is 21.2 Å². The number of para-hydroxylation sites is 1. The molecular formula is C14H8BrF2NO3. The summed E-state index contributed by atoms with van der Waals surface area (Å²) in [5.74, 6) is -3.96. The molecule has 1 amide bonds. The van der Waals surface area contributed by atoms with Crippen LogP contribution in [0.3, 0.4) is 0 Å². The fraction of sp³-hybridized carbons (Fsp3) is 0. The number of amides is 1. The van der Waals surface area contributed by atoms with Gasteiger partial charge >= 0.3 is 5.97 Å². The summed E-state index contributed by atoms with van der Waals surface area (Å²) in [6, 6.07) is 6.81. The first-order chi connectivity index (χ1) is 9.90. The van der Waals surface area contributed by atoms with Crippen molar-refractivity contribution in [3.63, 3.8) is 0 Å². The molecule has 2 rings (SSSR count). The van der Waals surface area contributed by atoms with Gasteiger partial charge in [0.25, 0.3) is 5.91 Å². The van der Waals surface area contributed by atoms with Crippen molar-refractivity contribution >= 4 is 33.5 Å². The Morgan fingerprint density at radius 2 is 1.81 bits per heavy atom. The van der Waals surface area contributed by atoms with Crippen molar-refractivity contribution in [1.82, 2.24) is 0 Å². The fourth-order valence-corrected chi connectivity index (χ4v) is 2.15. The van der Waals surface area contributed by atoms with Gasteiger partial charge in [0.2, 0.25) is 0 Å². The van der Waals surface area contributed by atoms with Gasteiger partial charge in [-0.2, -0.15) is 0 Å². The van der Waals surface area contributed by atoms with E-state index in [1.54, 1.807) is 0 Å². The predicted octanol–water partition coefficient (Wildman–Crippen LogP) is 3.68. The van der Waals surface area contributed by atoms with E-state index in [1.165, 1.54) is 18.2 Å². The minimum Gasteiger partial charge on any atom is -0.478 e. The first kappa shape index (κ1) is 15.1. The average Bonchev–Trinajstić information content (AvgIpc) is 2.40. The standard InChI is InChI=1S/C14H8BrF2NO3/c15-10-3-1-2-9(14(20)21)12(10)18-13(19)8-5-4-7(16)6-11(8)17/h1-6H,(H,18,19)(H,20,21). The van der Waals surface area contributed by atoms with Crippen molar-refractivity contribution in [3.8, 4) is 0 Å². The third-order valence-electron chi connectivity index (χ3n) is 2.66. The topological polar surface area (TPSA) is 66.4 Å². The quantitative estimate of drug-likeness (QED) is 0.882. The molecule has 0 aliphatic heterocycles. The van der Waals surface area contributed by atoms with Gasteiger partial charge < -0.3 is 10.4 Å². The SMILES string of the molecule is O=C(Nc1c(Br)cccc1C(=O)O)c1ccc(F)cc1F. The Kier molecular flexibility index (Phi) is 4.32. The van der Waals surface area contributed by atoms with Crippen LogP contribution >= 0.6 is 15.9 Å². The largest absolute Gasteiger partial charge is 0.478 e. The van der Waals surface area contributed by atoms with Gasteiger partial charge in [-0.3, -0.25) is 4.79 Å². The highest BCUT2D eigenvalue weighted by Crippen LogP contribution is 2.27. The first-order valence-electron chi connectivity index (χ1n) is 5.68. The number of nitrogens with one attached hydrogen (secondary N) is 1. The third-order valence-corrected chi connectivity index (χ3v) is 3.32. The molecule has 2 aromatic rings. The van der Waals surface area contributed by atoms with Crippen molar-refractivity contribution in [2.45, 2.75) is 0 Å². The maximum atomic E-state index is 13.5. The second kappa shape index (κ2) is 6.01. The Hall–Kier alpha value is -2.28. The van der Waals surface area contributed by atoms with Crippen molar-refractivity contribution in [3.05, 3.63) is 63.6 Å². The summed E-state index contributed by atoms with van der Waals surface area (Å²) in [4.78, 5) is 23.1. The maximum Gasteiger partial charge on any atom is 0.337 e. The lowest BCUT2D eigenvalue weighted by atomic mass is 10.1. The average molecular weight is 356 g/mol. The normalized spacial score (nSPS) is 10.2. The number of carbonyl (C=O) groups is 2. The van der Waals surface area contributed by atoms with Gasteiger partial charge in [0, 0.05) is 10.5 Å². The Morgan fingerprint density at radius 1 is 1.10 bits per heavy atom. The molecule has 0 aliphatic rings. The van der Waals surface area contributed by atoms with Crippen LogP contribution in [0.4, 0.5) is 14.5 Å². The summed E-state index contributed by atoms with van der Waals surface area (Å²) in [5, 5.41) is 11.4. The maximum absolute atomic E-state index is 13.5. The number of aromatic carboxylic acids is 1. The highest BCUT2D eigenvalue weighted by Gasteiger charge is 2.18. The van der Waals surface area contributed by atoms with Crippen LogP contribution in [0.1, 0.15) is 20.7 Å². The van der Waals surface area contributed by atoms with Crippen LogP contribution in [0.15, 0.2) is 40.9 Å². The zero-order chi connectivity index (χ0) is 15.6. The number of anilines is 1. The van der Waals surface area contributed by atoms with Crippen molar-refractivity contribution in [1.29, 1.82) is 0 Å². The molecule has 0 saturated heterocycles. The van der Waals surface area contributed by atoms with E-state index in [9.17, 15) is 18.4 Å². The lowest BCUT2D eigenvalue weighted by Gasteiger charge is -2.11. The fourth-order valence-electron chi connectivity index (χ4n) is 1.68. The molecule has 0 aromatic heterocycles. The summed E-state index contributed by atoms with van der Waals surface area (Å²) in [5.41, 5.74) is -0.539. The number of carboxylic acid groups (broad SMARTS) is 1. The second-order valence-corrected chi connectivity index (χ2v) is 4.90. The van der Waals surface area contributed by atoms with E-state index in [1.807, 2.05) is 0 Å². The Bertz CT molecular complexity index is 734. The summed E-state index contributed by atoms with van der Waals surface area (Å²) in [6.45, 7) is 0. The molecule has 0 spiro atoms. The molecule has 2 N–H and O–H groups in total. The van der Waals surface area contributed by atoms with Crippen molar-refractivity contribution in [2.75, 3.05) is 5.32 Å². The number of hydrogen-bond acceptors (Lipinski definition) is 2. The van der Waals surface area contributed by atoms with E-state index in [0.29, 0.717) is 10.5 Å². The molecule has 2 aromatic carbocycles. The number of rotatable bonds is 3. The van der Waals surface area contributed by atoms with Gasteiger partial charge in [-0.05, 0) is 40.2 Å². The van der Waals surface area contributed by atoms with E-state index >= 15 is 0 Å². The lowest BCUT2D eigenvalue weighted by Crippen LogP contribution is -2.16. The van der Waals surface area contributed by atoms with Crippen LogP contribution in [0.2, 0.25) is 0 Å².